The Balaban J connectivity index is 1.27. The minimum Gasteiger partial charge on any atom is -0.363 e. The van der Waals surface area contributed by atoms with Gasteiger partial charge >= 0.3 is 0 Å². The van der Waals surface area contributed by atoms with Crippen LogP contribution in [-0.2, 0) is 6.42 Å². The number of aryl methyl sites for hydroxylation is 1. The van der Waals surface area contributed by atoms with Crippen molar-refractivity contribution in [2.24, 2.45) is 0 Å². The molecule has 0 spiro atoms. The third-order valence-corrected chi connectivity index (χ3v) is 8.03. The number of carbonyl (C=O) groups is 1. The highest BCUT2D eigenvalue weighted by atomic mass is 32.1. The Kier molecular flexibility index (Phi) is 6.57. The van der Waals surface area contributed by atoms with Crippen LogP contribution >= 0.6 is 11.3 Å². The van der Waals surface area contributed by atoms with E-state index < -0.39 is 0 Å². The lowest BCUT2D eigenvalue weighted by molar-refractivity contribution is -0.384. The maximum absolute atomic E-state index is 13.2. The molecule has 1 amide bonds. The average Bonchev–Trinajstić information content (AvgIpc) is 3.32. The Morgan fingerprint density at radius 2 is 1.71 bits per heavy atom. The van der Waals surface area contributed by atoms with Crippen molar-refractivity contribution in [3.05, 3.63) is 57.6 Å². The molecule has 184 valence electrons. The van der Waals surface area contributed by atoms with Crippen LogP contribution in [-0.4, -0.2) is 85.0 Å². The number of piperazine rings is 2. The second kappa shape index (κ2) is 9.79. The summed E-state index contributed by atoms with van der Waals surface area (Å²) >= 11 is 1.69. The Hall–Kier alpha value is -3.24. The first kappa shape index (κ1) is 23.5. The molecule has 0 saturated carbocycles. The van der Waals surface area contributed by atoms with Crippen LogP contribution in [0, 0.1) is 10.1 Å². The molecule has 0 bridgehead atoms. The number of rotatable bonds is 5. The van der Waals surface area contributed by atoms with Gasteiger partial charge < -0.3 is 19.6 Å². The van der Waals surface area contributed by atoms with E-state index in [1.165, 1.54) is 16.3 Å². The molecule has 0 unspecified atom stereocenters. The average molecular weight is 495 g/mol. The van der Waals surface area contributed by atoms with Crippen LogP contribution in [0.2, 0.25) is 0 Å². The standard InChI is InChI=1S/C25H30N6O3S/c1-3-18-4-6-20-23(16-18)35-25(26-20)30-14-12-29(13-15-30)24(32)19-5-7-21(22(17-19)31(33)34)28-10-8-27(2)9-11-28/h4-7,16-17H,3,8-15H2,1-2H3. The SMILES string of the molecule is CCc1ccc2nc(N3CCN(C(=O)c4ccc(N5CCN(C)CC5)c([N+](=O)[O-])c4)CC3)sc2c1. The molecule has 5 rings (SSSR count). The lowest BCUT2D eigenvalue weighted by Gasteiger charge is -2.35. The fourth-order valence-corrected chi connectivity index (χ4v) is 5.79. The molecule has 3 aromatic rings. The highest BCUT2D eigenvalue weighted by Crippen LogP contribution is 2.32. The molecule has 9 nitrogen and oxygen atoms in total. The van der Waals surface area contributed by atoms with Crippen molar-refractivity contribution in [3.8, 4) is 0 Å². The monoisotopic (exact) mass is 494 g/mol. The summed E-state index contributed by atoms with van der Waals surface area (Å²) in [6.45, 7) is 7.82. The van der Waals surface area contributed by atoms with Crippen LogP contribution < -0.4 is 9.80 Å². The van der Waals surface area contributed by atoms with Crippen molar-refractivity contribution in [1.82, 2.24) is 14.8 Å². The first-order valence-electron chi connectivity index (χ1n) is 12.1. The van der Waals surface area contributed by atoms with E-state index in [0.29, 0.717) is 37.4 Å². The van der Waals surface area contributed by atoms with Gasteiger partial charge in [-0.1, -0.05) is 24.3 Å². The van der Waals surface area contributed by atoms with E-state index in [0.717, 1.165) is 43.2 Å². The van der Waals surface area contributed by atoms with Crippen molar-refractivity contribution in [1.29, 1.82) is 0 Å². The van der Waals surface area contributed by atoms with Crippen LogP contribution in [0.25, 0.3) is 10.2 Å². The van der Waals surface area contributed by atoms with Gasteiger partial charge in [0.05, 0.1) is 15.1 Å². The number of anilines is 2. The number of likely N-dealkylation sites (N-methyl/N-ethyl adjacent to an activating group) is 1. The summed E-state index contributed by atoms with van der Waals surface area (Å²) in [6, 6.07) is 11.3. The summed E-state index contributed by atoms with van der Waals surface area (Å²) < 4.78 is 1.19. The topological polar surface area (TPSA) is 86.1 Å². The van der Waals surface area contributed by atoms with Crippen LogP contribution in [0.15, 0.2) is 36.4 Å². The van der Waals surface area contributed by atoms with Crippen molar-refractivity contribution in [3.63, 3.8) is 0 Å². The third-order valence-electron chi connectivity index (χ3n) is 6.95. The molecule has 0 radical (unpaired) electrons. The fraction of sp³-hybridized carbons (Fsp3) is 0.440. The molecule has 3 heterocycles. The quantitative estimate of drug-likeness (QED) is 0.396. The Bertz CT molecular complexity index is 1250. The molecule has 10 heteroatoms. The van der Waals surface area contributed by atoms with E-state index in [9.17, 15) is 14.9 Å². The van der Waals surface area contributed by atoms with Crippen molar-refractivity contribution in [2.75, 3.05) is 69.2 Å². The Morgan fingerprint density at radius 3 is 2.40 bits per heavy atom. The molecular weight excluding hydrogens is 464 g/mol. The number of aromatic nitrogens is 1. The second-order valence-corrected chi connectivity index (χ2v) is 10.2. The maximum Gasteiger partial charge on any atom is 0.293 e. The summed E-state index contributed by atoms with van der Waals surface area (Å²) in [5, 5.41) is 12.8. The van der Waals surface area contributed by atoms with Crippen LogP contribution in [0.1, 0.15) is 22.8 Å². The molecule has 2 saturated heterocycles. The van der Waals surface area contributed by atoms with Crippen LogP contribution in [0.5, 0.6) is 0 Å². The zero-order valence-electron chi connectivity index (χ0n) is 20.1. The molecular formula is C25H30N6O3S. The van der Waals surface area contributed by atoms with Gasteiger partial charge in [0, 0.05) is 64.0 Å². The van der Waals surface area contributed by atoms with Gasteiger partial charge in [0.2, 0.25) is 0 Å². The van der Waals surface area contributed by atoms with Gasteiger partial charge in [0.25, 0.3) is 11.6 Å². The number of fused-ring (bicyclic) bond motifs is 1. The number of nitro groups is 1. The number of nitrogens with zero attached hydrogens (tertiary/aromatic N) is 6. The summed E-state index contributed by atoms with van der Waals surface area (Å²) in [7, 11) is 2.05. The van der Waals surface area contributed by atoms with Gasteiger partial charge in [-0.15, -0.1) is 0 Å². The summed E-state index contributed by atoms with van der Waals surface area (Å²) in [6.07, 6.45) is 0.998. The zero-order valence-corrected chi connectivity index (χ0v) is 21.0. The summed E-state index contributed by atoms with van der Waals surface area (Å²) in [5.74, 6) is -0.158. The lowest BCUT2D eigenvalue weighted by atomic mass is 10.1. The van der Waals surface area contributed by atoms with Crippen molar-refractivity contribution >= 4 is 44.0 Å². The molecule has 2 aliphatic rings. The van der Waals surface area contributed by atoms with E-state index in [1.807, 2.05) is 11.9 Å². The first-order chi connectivity index (χ1) is 16.9. The van der Waals surface area contributed by atoms with E-state index >= 15 is 0 Å². The Labute approximate surface area is 208 Å². The van der Waals surface area contributed by atoms with Gasteiger partial charge in [-0.05, 0) is 43.3 Å². The van der Waals surface area contributed by atoms with E-state index in [1.54, 1.807) is 28.4 Å². The van der Waals surface area contributed by atoms with Crippen molar-refractivity contribution < 1.29 is 9.72 Å². The molecule has 0 N–H and O–H groups in total. The molecule has 2 aliphatic heterocycles. The molecule has 1 aromatic heterocycles. The Morgan fingerprint density at radius 1 is 1.00 bits per heavy atom. The smallest absolute Gasteiger partial charge is 0.293 e. The minimum atomic E-state index is -0.376. The fourth-order valence-electron chi connectivity index (χ4n) is 4.71. The van der Waals surface area contributed by atoms with Gasteiger partial charge in [-0.25, -0.2) is 4.98 Å². The number of thiazole rings is 1. The lowest BCUT2D eigenvalue weighted by Crippen LogP contribution is -2.48. The highest BCUT2D eigenvalue weighted by molar-refractivity contribution is 7.22. The van der Waals surface area contributed by atoms with E-state index in [-0.39, 0.29) is 16.5 Å². The molecule has 0 atom stereocenters. The minimum absolute atomic E-state index is 0.0000341. The molecule has 0 aliphatic carbocycles. The normalized spacial score (nSPS) is 17.3. The van der Waals surface area contributed by atoms with Crippen LogP contribution in [0.3, 0.4) is 0 Å². The third kappa shape index (κ3) is 4.81. The van der Waals surface area contributed by atoms with Gasteiger partial charge in [-0.3, -0.25) is 14.9 Å². The zero-order chi connectivity index (χ0) is 24.5. The molecule has 2 aromatic carbocycles. The first-order valence-corrected chi connectivity index (χ1v) is 12.9. The predicted octanol–water partition coefficient (Wildman–Crippen LogP) is 3.48. The maximum atomic E-state index is 13.2. The second-order valence-electron chi connectivity index (χ2n) is 9.18. The van der Waals surface area contributed by atoms with E-state index in [2.05, 4.69) is 34.9 Å². The summed E-state index contributed by atoms with van der Waals surface area (Å²) in [4.78, 5) is 37.7. The van der Waals surface area contributed by atoms with Gasteiger partial charge in [0.1, 0.15) is 5.69 Å². The number of hydrogen-bond acceptors (Lipinski definition) is 8. The van der Waals surface area contributed by atoms with Crippen LogP contribution in [0.4, 0.5) is 16.5 Å². The van der Waals surface area contributed by atoms with Gasteiger partial charge in [-0.2, -0.15) is 0 Å². The predicted molar refractivity (Wildman–Crippen MR) is 140 cm³/mol. The van der Waals surface area contributed by atoms with Gasteiger partial charge in [0.15, 0.2) is 5.13 Å². The van der Waals surface area contributed by atoms with E-state index in [4.69, 9.17) is 4.98 Å². The highest BCUT2D eigenvalue weighted by Gasteiger charge is 2.28. The molecule has 2 fully saturated rings. The number of benzene rings is 2. The molecule has 35 heavy (non-hydrogen) atoms. The van der Waals surface area contributed by atoms with Crippen molar-refractivity contribution in [2.45, 2.75) is 13.3 Å². The largest absolute Gasteiger partial charge is 0.363 e. The number of hydrogen-bond donors (Lipinski definition) is 0. The number of amides is 1. The summed E-state index contributed by atoms with van der Waals surface area (Å²) in [5.41, 5.74) is 3.27. The number of carbonyl (C=O) groups excluding carboxylic acids is 1. The number of nitro benzene ring substituents is 1.